The molecule has 2 aromatic heterocycles. The number of fused-ring (bicyclic) bond motifs is 2. The monoisotopic (exact) mass is 818 g/mol. The van der Waals surface area contributed by atoms with Crippen LogP contribution in [0.4, 0.5) is 5.82 Å². The quantitative estimate of drug-likeness (QED) is 0.200. The number of ketones is 2. The normalized spacial score (nSPS) is 38.5. The molecule has 0 aromatic carbocycles. The van der Waals surface area contributed by atoms with E-state index in [-0.39, 0.29) is 30.8 Å². The Morgan fingerprint density at radius 1 is 1.04 bits per heavy atom. The van der Waals surface area contributed by atoms with E-state index >= 15 is 0 Å². The van der Waals surface area contributed by atoms with E-state index in [1.54, 1.807) is 34.0 Å². The fourth-order valence-corrected chi connectivity index (χ4v) is 10.7. The van der Waals surface area contributed by atoms with Crippen LogP contribution < -0.4 is 5.73 Å². The molecule has 0 spiro atoms. The lowest BCUT2D eigenvalue weighted by molar-refractivity contribution is -0.295. The summed E-state index contributed by atoms with van der Waals surface area (Å²) >= 11 is 1.40. The third kappa shape index (κ3) is 8.88. The number of anilines is 1. The number of nitrogens with two attached hydrogens (primary N) is 1. The molecule has 5 heterocycles. The lowest BCUT2D eigenvalue weighted by Crippen LogP contribution is -2.59. The molecule has 3 saturated heterocycles. The fraction of sp³-hybridized carbons (Fsp3) is 0.775. The van der Waals surface area contributed by atoms with Gasteiger partial charge in [-0.25, -0.2) is 15.0 Å². The van der Waals surface area contributed by atoms with E-state index in [2.05, 4.69) is 15.0 Å². The van der Waals surface area contributed by atoms with Gasteiger partial charge in [-0.1, -0.05) is 27.7 Å². The summed E-state index contributed by atoms with van der Waals surface area (Å²) in [6, 6.07) is -0.283. The number of cyclic esters (lactones) is 1. The number of methoxy groups -OCH3 is 1. The minimum Gasteiger partial charge on any atom is -0.458 e. The smallest absolute Gasteiger partial charge is 0.320 e. The van der Waals surface area contributed by atoms with Gasteiger partial charge in [0.25, 0.3) is 0 Å². The molecule has 17 heteroatoms. The third-order valence-electron chi connectivity index (χ3n) is 12.6. The van der Waals surface area contributed by atoms with Crippen LogP contribution in [0.1, 0.15) is 81.1 Å². The maximum Gasteiger partial charge on any atom is 0.320 e. The molecular weight excluding hydrogens is 757 g/mol. The van der Waals surface area contributed by atoms with Gasteiger partial charge in [0.2, 0.25) is 0 Å². The minimum atomic E-state index is -1.37. The summed E-state index contributed by atoms with van der Waals surface area (Å²) in [6.07, 6.45) is 0.211. The Bertz CT molecular complexity index is 1780. The van der Waals surface area contributed by atoms with Crippen molar-refractivity contribution in [2.45, 2.75) is 141 Å². The molecule has 2 aromatic rings. The van der Waals surface area contributed by atoms with E-state index in [1.807, 2.05) is 44.3 Å². The first-order valence-electron chi connectivity index (χ1n) is 20.0. The summed E-state index contributed by atoms with van der Waals surface area (Å²) in [5.41, 5.74) is 4.45. The number of esters is 2. The van der Waals surface area contributed by atoms with Crippen LogP contribution >= 0.6 is 11.8 Å². The predicted molar refractivity (Wildman–Crippen MR) is 213 cm³/mol. The van der Waals surface area contributed by atoms with Crippen LogP contribution in [0.5, 0.6) is 0 Å². The molecule has 0 radical (unpaired) electrons. The summed E-state index contributed by atoms with van der Waals surface area (Å²) in [4.78, 5) is 71.4. The standard InChI is InChI=1S/C40H62N6O10S/c1-12-26-40(8)27(32(37(51)56-40)57-15-13-14-46-19-44-28-34(41)42-18-43-35(28)46)22(4)29(47)20(2)17-39(7,52-11)33(23(5)30(48)24(6)36(50)54-26)55-38-31(49)25(45(9)10)16-21(3)53-38/h18-27,31-33,38,49H,12-17H2,1-11H3,(H2,41,42,43)/t20-,21-,22-,23+,24-,25+,26-,27+,31-,32+,33-,38+,39-,40-/m1/s1. The van der Waals surface area contributed by atoms with Crippen molar-refractivity contribution >= 4 is 52.2 Å². The number of aliphatic hydroxyl groups is 1. The van der Waals surface area contributed by atoms with Crippen LogP contribution in [0.15, 0.2) is 12.7 Å². The highest BCUT2D eigenvalue weighted by Gasteiger charge is 2.61. The maximum atomic E-state index is 14.7. The van der Waals surface area contributed by atoms with Crippen LogP contribution in [0.3, 0.4) is 0 Å². The molecule has 3 aliphatic rings. The first kappa shape index (κ1) is 44.9. The molecule has 5 rings (SSSR count). The van der Waals surface area contributed by atoms with Crippen molar-refractivity contribution in [3.63, 3.8) is 0 Å². The Morgan fingerprint density at radius 2 is 1.74 bits per heavy atom. The number of hydrogen-bond acceptors (Lipinski definition) is 16. The summed E-state index contributed by atoms with van der Waals surface area (Å²) < 4.78 is 33.1. The van der Waals surface area contributed by atoms with Gasteiger partial charge in [0.15, 0.2) is 29.1 Å². The molecule has 3 N–H and O–H groups in total. The molecule has 3 fully saturated rings. The topological polar surface area (TPSA) is 208 Å². The van der Waals surface area contributed by atoms with E-state index < -0.39 is 88.4 Å². The van der Waals surface area contributed by atoms with Crippen molar-refractivity contribution < 1.29 is 48.0 Å². The Hall–Kier alpha value is -3.22. The number of Topliss-reactive ketones (excluding diaryl/α,β-unsaturated/α-hetero) is 2. The lowest BCUT2D eigenvalue weighted by atomic mass is 9.70. The van der Waals surface area contributed by atoms with Gasteiger partial charge >= 0.3 is 11.9 Å². The molecule has 0 unspecified atom stereocenters. The Labute approximate surface area is 339 Å². The first-order valence-corrected chi connectivity index (χ1v) is 21.1. The summed E-state index contributed by atoms with van der Waals surface area (Å²) in [5.74, 6) is -5.27. The number of imidazole rings is 1. The fourth-order valence-electron chi connectivity index (χ4n) is 9.26. The van der Waals surface area contributed by atoms with Crippen molar-refractivity contribution in [1.29, 1.82) is 0 Å². The highest BCUT2D eigenvalue weighted by Crippen LogP contribution is 2.49. The summed E-state index contributed by atoms with van der Waals surface area (Å²) in [5, 5.41) is 10.7. The zero-order chi connectivity index (χ0) is 42.1. The van der Waals surface area contributed by atoms with Crippen LogP contribution in [-0.4, -0.2) is 133 Å². The Balaban J connectivity index is 1.46. The molecule has 0 aliphatic carbocycles. The third-order valence-corrected chi connectivity index (χ3v) is 13.9. The van der Waals surface area contributed by atoms with Gasteiger partial charge in [0.1, 0.15) is 41.0 Å². The van der Waals surface area contributed by atoms with E-state index in [0.717, 1.165) is 0 Å². The Kier molecular flexibility index (Phi) is 14.1. The molecular formula is C40H62N6O10S. The molecule has 14 atom stereocenters. The number of rotatable bonds is 10. The van der Waals surface area contributed by atoms with Crippen LogP contribution in [-0.2, 0) is 49.4 Å². The second kappa shape index (κ2) is 18.0. The highest BCUT2D eigenvalue weighted by atomic mass is 32.2. The van der Waals surface area contributed by atoms with Crippen molar-refractivity contribution in [3.05, 3.63) is 12.7 Å². The average molecular weight is 819 g/mol. The number of hydrogen-bond donors (Lipinski definition) is 2. The van der Waals surface area contributed by atoms with Crippen LogP contribution in [0.25, 0.3) is 11.2 Å². The van der Waals surface area contributed by atoms with E-state index in [4.69, 9.17) is 29.4 Å². The van der Waals surface area contributed by atoms with Gasteiger partial charge in [-0.2, -0.15) is 0 Å². The molecule has 0 amide bonds. The van der Waals surface area contributed by atoms with Gasteiger partial charge < -0.3 is 44.0 Å². The molecule has 318 valence electrons. The number of nitrogen functional groups attached to an aromatic ring is 1. The summed E-state index contributed by atoms with van der Waals surface area (Å²) in [6.45, 7) is 14.5. The number of nitrogens with zero attached hydrogens (tertiary/aromatic N) is 5. The molecule has 57 heavy (non-hydrogen) atoms. The Morgan fingerprint density at radius 3 is 2.39 bits per heavy atom. The van der Waals surface area contributed by atoms with Gasteiger partial charge in [-0.15, -0.1) is 11.8 Å². The lowest BCUT2D eigenvalue weighted by Gasteiger charge is -2.47. The molecule has 3 aliphatic heterocycles. The second-order valence-electron chi connectivity index (χ2n) is 16.8. The SMILES string of the molecule is CC[C@H]1OC(=O)[C@H](C)C(=O)[C@H](C)[C@@H](O[C@@H]2O[C@H](C)C[C@H](N(C)C)[C@H]2O)[C@](C)(OC)C[C@@H](C)C(=O)[C@H](C)[C@H]2[C@H](SCCCn3cnc4c(N)ncnc43)C(=O)O[C@@]21C. The predicted octanol–water partition coefficient (Wildman–Crippen LogP) is 3.46. The number of ether oxygens (including phenoxy) is 5. The van der Waals surface area contributed by atoms with Crippen molar-refractivity contribution in [2.24, 2.45) is 29.6 Å². The van der Waals surface area contributed by atoms with Crippen molar-refractivity contribution in [2.75, 3.05) is 32.7 Å². The van der Waals surface area contributed by atoms with Crippen molar-refractivity contribution in [3.8, 4) is 0 Å². The number of carbonyl (C=O) groups is 4. The van der Waals surface area contributed by atoms with E-state index in [0.29, 0.717) is 42.1 Å². The van der Waals surface area contributed by atoms with Crippen molar-refractivity contribution in [1.82, 2.24) is 24.4 Å². The van der Waals surface area contributed by atoms with Gasteiger partial charge in [-0.05, 0) is 73.2 Å². The van der Waals surface area contributed by atoms with Crippen LogP contribution in [0.2, 0.25) is 0 Å². The first-order chi connectivity index (χ1) is 26.8. The van der Waals surface area contributed by atoms with Gasteiger partial charge in [-0.3, -0.25) is 19.2 Å². The highest BCUT2D eigenvalue weighted by molar-refractivity contribution is 8.00. The number of aliphatic hydroxyl groups excluding tert-OH is 1. The minimum absolute atomic E-state index is 0.128. The largest absolute Gasteiger partial charge is 0.458 e. The average Bonchev–Trinajstić information content (AvgIpc) is 3.71. The van der Waals surface area contributed by atoms with Gasteiger partial charge in [0, 0.05) is 43.4 Å². The second-order valence-corrected chi connectivity index (χ2v) is 18.1. The number of aryl methyl sites for hydroxylation is 1. The number of likely N-dealkylation sites (N-methyl/N-ethyl adjacent to an activating group) is 1. The number of carbonyl (C=O) groups excluding carboxylic acids is 4. The van der Waals surface area contributed by atoms with Gasteiger partial charge in [0.05, 0.1) is 24.1 Å². The molecule has 0 saturated carbocycles. The molecule has 16 nitrogen and oxygen atoms in total. The van der Waals surface area contributed by atoms with E-state index in [1.165, 1.54) is 32.1 Å². The van der Waals surface area contributed by atoms with Crippen LogP contribution in [0, 0.1) is 29.6 Å². The van der Waals surface area contributed by atoms with E-state index in [9.17, 15) is 24.3 Å². The summed E-state index contributed by atoms with van der Waals surface area (Å²) in [7, 11) is 5.23. The maximum absolute atomic E-state index is 14.7. The number of aromatic nitrogens is 4. The zero-order valence-corrected chi connectivity index (χ0v) is 36.0. The zero-order valence-electron chi connectivity index (χ0n) is 35.2. The molecule has 0 bridgehead atoms. The number of thioether (sulfide) groups is 1.